The predicted molar refractivity (Wildman–Crippen MR) is 250 cm³/mol. The SMILES string of the molecule is CC(=O)N1CCCC1Cc1cc(Nc2cnc[nH]2)ccc1Oc1ccc(S(C)(=O)=O)cc1.CC(=O)N1CCCC1Cc1cc(Nc2nc(C)ns2)ccc1Oc1ccc(S(C)(=O)=O)cc1. The molecule has 2 atom stereocenters. The van der Waals surface area contributed by atoms with Gasteiger partial charge in [-0.15, -0.1) is 0 Å². The molecule has 2 unspecified atom stereocenters. The molecule has 0 saturated carbocycles. The van der Waals surface area contributed by atoms with E-state index in [1.54, 1.807) is 50.6 Å². The van der Waals surface area contributed by atoms with Crippen molar-refractivity contribution in [3.8, 4) is 23.0 Å². The summed E-state index contributed by atoms with van der Waals surface area (Å²) in [6, 6.07) is 24.5. The van der Waals surface area contributed by atoms with Gasteiger partial charge in [0, 0.05) is 74.4 Å². The van der Waals surface area contributed by atoms with Gasteiger partial charge < -0.3 is 34.9 Å². The van der Waals surface area contributed by atoms with Gasteiger partial charge in [0.15, 0.2) is 19.7 Å². The van der Waals surface area contributed by atoms with Crippen molar-refractivity contribution in [1.82, 2.24) is 29.1 Å². The Labute approximate surface area is 383 Å². The predicted octanol–water partition coefficient (Wildman–Crippen LogP) is 8.24. The number of nitrogens with zero attached hydrogens (tertiary/aromatic N) is 5. The summed E-state index contributed by atoms with van der Waals surface area (Å²) >= 11 is 1.29. The first-order valence-corrected chi connectivity index (χ1v) is 25.6. The Morgan fingerprint density at radius 3 is 1.60 bits per heavy atom. The van der Waals surface area contributed by atoms with E-state index in [-0.39, 0.29) is 33.7 Å². The highest BCUT2D eigenvalue weighted by Crippen LogP contribution is 2.35. The summed E-state index contributed by atoms with van der Waals surface area (Å²) in [6.07, 6.45) is 10.8. The molecule has 0 spiro atoms. The lowest BCUT2D eigenvalue weighted by atomic mass is 10.0. The molecule has 0 bridgehead atoms. The maximum absolute atomic E-state index is 12.1. The lowest BCUT2D eigenvalue weighted by Gasteiger charge is -2.24. The first-order chi connectivity index (χ1) is 31.0. The highest BCUT2D eigenvalue weighted by Gasteiger charge is 2.29. The van der Waals surface area contributed by atoms with Crippen LogP contribution >= 0.6 is 11.5 Å². The minimum absolute atomic E-state index is 0.0787. The normalized spacial score (nSPS) is 16.1. The van der Waals surface area contributed by atoms with E-state index in [4.69, 9.17) is 9.47 Å². The number of nitrogens with one attached hydrogen (secondary N) is 3. The Bertz CT molecular complexity index is 2840. The summed E-state index contributed by atoms with van der Waals surface area (Å²) in [5.74, 6) is 4.06. The van der Waals surface area contributed by atoms with Crippen molar-refractivity contribution in [2.24, 2.45) is 0 Å². The molecule has 4 heterocycles. The van der Waals surface area contributed by atoms with Gasteiger partial charge in [-0.25, -0.2) is 26.8 Å². The topological polar surface area (TPSA) is 206 Å². The Morgan fingerprint density at radius 2 is 1.20 bits per heavy atom. The van der Waals surface area contributed by atoms with Crippen LogP contribution in [-0.4, -0.2) is 95.5 Å². The summed E-state index contributed by atoms with van der Waals surface area (Å²) in [4.78, 5) is 39.8. The monoisotopic (exact) mass is 940 g/mol. The van der Waals surface area contributed by atoms with Gasteiger partial charge in [-0.3, -0.25) is 9.59 Å². The fourth-order valence-corrected chi connectivity index (χ4v) is 9.84. The molecule has 8 rings (SSSR count). The maximum atomic E-state index is 12.1. The van der Waals surface area contributed by atoms with Crippen molar-refractivity contribution in [2.75, 3.05) is 36.2 Å². The molecule has 16 nitrogen and oxygen atoms in total. The standard InChI is InChI=1S/C23H26N4O4S2.C23H26N4O4S/c1-15-24-23(32-26-15)25-18-6-11-22(31-20-7-9-21(10-8-20)33(3,29)30)17(13-18)14-19-5-4-12-27(19)16(2)28;1-16(28)27-11-3-4-19(27)13-17-12-18(26-23-14-24-15-25-23)5-10-22(17)31-20-6-8-21(9-7-20)32(2,29)30/h6-11,13,19H,4-5,12,14H2,1-3H3,(H,24,25,26);5-10,12,14-15,19,26H,3-4,11,13H2,1-2H3,(H,24,25). The van der Waals surface area contributed by atoms with Crippen molar-refractivity contribution in [1.29, 1.82) is 0 Å². The van der Waals surface area contributed by atoms with Crippen LogP contribution in [0.3, 0.4) is 0 Å². The Kier molecular flexibility index (Phi) is 14.5. The van der Waals surface area contributed by atoms with Crippen molar-refractivity contribution in [3.63, 3.8) is 0 Å². The van der Waals surface area contributed by atoms with Crippen LogP contribution in [0, 0.1) is 6.92 Å². The highest BCUT2D eigenvalue weighted by atomic mass is 32.2. The molecule has 0 radical (unpaired) electrons. The van der Waals surface area contributed by atoms with Gasteiger partial charge >= 0.3 is 0 Å². The molecule has 65 heavy (non-hydrogen) atoms. The molecule has 2 aliphatic rings. The molecule has 6 aromatic rings. The summed E-state index contributed by atoms with van der Waals surface area (Å²) in [6.45, 7) is 6.60. The van der Waals surface area contributed by atoms with Crippen molar-refractivity contribution >= 4 is 65.3 Å². The van der Waals surface area contributed by atoms with Gasteiger partial charge in [0.25, 0.3) is 0 Å². The second kappa shape index (κ2) is 20.2. The number of amides is 2. The number of sulfone groups is 2. The number of carbonyl (C=O) groups is 2. The second-order valence-electron chi connectivity index (χ2n) is 16.1. The molecule has 2 amide bonds. The first kappa shape index (κ1) is 46.7. The summed E-state index contributed by atoms with van der Waals surface area (Å²) in [7, 11) is -6.55. The first-order valence-electron chi connectivity index (χ1n) is 21.1. The number of rotatable bonds is 14. The van der Waals surface area contributed by atoms with Crippen LogP contribution < -0.4 is 20.1 Å². The zero-order valence-electron chi connectivity index (χ0n) is 36.8. The fraction of sp³-hybridized carbons (Fsp3) is 0.326. The van der Waals surface area contributed by atoms with Crippen LogP contribution in [0.1, 0.15) is 56.5 Å². The van der Waals surface area contributed by atoms with Gasteiger partial charge in [0.05, 0.1) is 22.3 Å². The fourth-order valence-electron chi connectivity index (χ4n) is 7.98. The Balaban J connectivity index is 0.000000194. The number of benzene rings is 4. The van der Waals surface area contributed by atoms with E-state index >= 15 is 0 Å². The van der Waals surface area contributed by atoms with E-state index in [1.807, 2.05) is 53.1 Å². The van der Waals surface area contributed by atoms with Crippen molar-refractivity contribution in [3.05, 3.63) is 114 Å². The number of hydrogen-bond donors (Lipinski definition) is 3. The van der Waals surface area contributed by atoms with Gasteiger partial charge in [-0.2, -0.15) is 4.37 Å². The van der Waals surface area contributed by atoms with Crippen molar-refractivity contribution in [2.45, 2.75) is 81.2 Å². The number of likely N-dealkylation sites (tertiary alicyclic amines) is 2. The number of H-pyrrole nitrogens is 1. The third kappa shape index (κ3) is 12.5. The molecule has 4 aromatic carbocycles. The molecule has 3 N–H and O–H groups in total. The van der Waals surface area contributed by atoms with E-state index in [9.17, 15) is 26.4 Å². The maximum Gasteiger partial charge on any atom is 0.219 e. The summed E-state index contributed by atoms with van der Waals surface area (Å²) in [5.41, 5.74) is 3.64. The molecule has 19 heteroatoms. The van der Waals surface area contributed by atoms with Crippen LogP contribution in [0.25, 0.3) is 0 Å². The molecule has 2 saturated heterocycles. The average Bonchev–Trinajstić information content (AvgIpc) is 4.10. The van der Waals surface area contributed by atoms with E-state index in [0.29, 0.717) is 46.8 Å². The van der Waals surface area contributed by atoms with Gasteiger partial charge in [-0.1, -0.05) is 0 Å². The zero-order valence-corrected chi connectivity index (χ0v) is 39.2. The Hall–Kier alpha value is -6.31. The molecule has 2 aliphatic heterocycles. The number of anilines is 4. The number of aryl methyl sites for hydroxylation is 1. The average molecular weight is 941 g/mol. The zero-order chi connectivity index (χ0) is 46.3. The van der Waals surface area contributed by atoms with E-state index in [2.05, 4.69) is 30.0 Å². The Morgan fingerprint density at radius 1 is 0.723 bits per heavy atom. The molecule has 0 aliphatic carbocycles. The molecular formula is C46H52N8O8S3. The minimum Gasteiger partial charge on any atom is -0.457 e. The number of carbonyl (C=O) groups excluding carboxylic acids is 2. The molecule has 342 valence electrons. The van der Waals surface area contributed by atoms with Crippen molar-refractivity contribution < 1.29 is 35.9 Å². The smallest absolute Gasteiger partial charge is 0.219 e. The quantitative estimate of drug-likeness (QED) is 0.0942. The van der Waals surface area contributed by atoms with E-state index in [1.165, 1.54) is 48.3 Å². The van der Waals surface area contributed by atoms with E-state index in [0.717, 1.165) is 67.1 Å². The minimum atomic E-state index is -3.28. The number of hydrogen-bond acceptors (Lipinski definition) is 14. The summed E-state index contributed by atoms with van der Waals surface area (Å²) in [5, 5.41) is 7.26. The van der Waals surface area contributed by atoms with Crippen LogP contribution in [0.15, 0.2) is 107 Å². The highest BCUT2D eigenvalue weighted by molar-refractivity contribution is 7.91. The third-order valence-electron chi connectivity index (χ3n) is 11.1. The van der Waals surface area contributed by atoms with E-state index < -0.39 is 19.7 Å². The van der Waals surface area contributed by atoms with Crippen LogP contribution in [0.4, 0.5) is 22.3 Å². The van der Waals surface area contributed by atoms with Gasteiger partial charge in [0.2, 0.25) is 16.9 Å². The molecule has 2 aromatic heterocycles. The lowest BCUT2D eigenvalue weighted by Crippen LogP contribution is -2.35. The van der Waals surface area contributed by atoms with Gasteiger partial charge in [-0.05, 0) is 142 Å². The van der Waals surface area contributed by atoms with Gasteiger partial charge in [0.1, 0.15) is 34.6 Å². The van der Waals surface area contributed by atoms with Crippen LogP contribution in [0.2, 0.25) is 0 Å². The largest absolute Gasteiger partial charge is 0.457 e. The lowest BCUT2D eigenvalue weighted by molar-refractivity contribution is -0.130. The van der Waals surface area contributed by atoms with Crippen LogP contribution in [0.5, 0.6) is 23.0 Å². The number of aromatic amines is 1. The number of aromatic nitrogens is 4. The molecule has 2 fully saturated rings. The molecular weight excluding hydrogens is 889 g/mol. The summed E-state index contributed by atoms with van der Waals surface area (Å²) < 4.78 is 63.4. The van der Waals surface area contributed by atoms with Crippen LogP contribution in [-0.2, 0) is 42.1 Å². The number of ether oxygens (including phenoxy) is 2. The number of imidazole rings is 1. The second-order valence-corrected chi connectivity index (χ2v) is 20.9. The third-order valence-corrected chi connectivity index (χ3v) is 14.1.